The van der Waals surface area contributed by atoms with Gasteiger partial charge in [0.25, 0.3) is 5.91 Å². The van der Waals surface area contributed by atoms with E-state index in [4.69, 9.17) is 5.84 Å². The van der Waals surface area contributed by atoms with Gasteiger partial charge in [-0.05, 0) is 36.4 Å². The van der Waals surface area contributed by atoms with Crippen molar-refractivity contribution < 1.29 is 9.18 Å². The van der Waals surface area contributed by atoms with Gasteiger partial charge in [0.1, 0.15) is 5.82 Å². The van der Waals surface area contributed by atoms with Crippen molar-refractivity contribution in [2.45, 2.75) is 6.54 Å². The summed E-state index contributed by atoms with van der Waals surface area (Å²) >= 11 is 0. The number of nitrogens with two attached hydrogens (primary N) is 1. The predicted molar refractivity (Wildman–Crippen MR) is 74.4 cm³/mol. The lowest BCUT2D eigenvalue weighted by molar-refractivity contribution is 0.0953. The Bertz CT molecular complexity index is 583. The first-order chi connectivity index (χ1) is 9.60. The molecule has 104 valence electrons. The molecule has 0 saturated carbocycles. The molecule has 1 aromatic carbocycles. The van der Waals surface area contributed by atoms with Gasteiger partial charge in [0, 0.05) is 18.9 Å². The molecule has 0 spiro atoms. The van der Waals surface area contributed by atoms with E-state index in [2.05, 4.69) is 4.98 Å². The summed E-state index contributed by atoms with van der Waals surface area (Å²) < 4.78 is 12.9. The van der Waals surface area contributed by atoms with Crippen LogP contribution in [-0.2, 0) is 6.54 Å². The zero-order valence-corrected chi connectivity index (χ0v) is 11.0. The van der Waals surface area contributed by atoms with Gasteiger partial charge < -0.3 is 4.90 Å². The summed E-state index contributed by atoms with van der Waals surface area (Å²) in [6.07, 6.45) is 1.47. The van der Waals surface area contributed by atoms with Crippen molar-refractivity contribution >= 4 is 11.6 Å². The van der Waals surface area contributed by atoms with Crippen LogP contribution >= 0.6 is 0 Å². The highest BCUT2D eigenvalue weighted by Gasteiger charge is 2.06. The third-order valence-electron chi connectivity index (χ3n) is 2.88. The molecule has 0 radical (unpaired) electrons. The van der Waals surface area contributed by atoms with E-state index >= 15 is 0 Å². The van der Waals surface area contributed by atoms with Crippen molar-refractivity contribution in [2.75, 3.05) is 11.9 Å². The maximum Gasteiger partial charge on any atom is 0.266 e. The van der Waals surface area contributed by atoms with E-state index in [9.17, 15) is 9.18 Å². The summed E-state index contributed by atoms with van der Waals surface area (Å²) in [6.45, 7) is 0.552. The van der Waals surface area contributed by atoms with Crippen molar-refractivity contribution in [3.8, 4) is 0 Å². The Balaban J connectivity index is 2.06. The monoisotopic (exact) mass is 274 g/mol. The number of nitrogen functional groups attached to an aromatic ring is 1. The third-order valence-corrected chi connectivity index (χ3v) is 2.88. The molecule has 1 amide bonds. The Hall–Kier alpha value is -2.47. The number of halogens is 1. The summed E-state index contributed by atoms with van der Waals surface area (Å²) in [5.41, 5.74) is 4.13. The van der Waals surface area contributed by atoms with Gasteiger partial charge in [-0.1, -0.05) is 0 Å². The van der Waals surface area contributed by atoms with Crippen LogP contribution < -0.4 is 16.2 Å². The SMILES string of the molecule is CN(Cc1ccc(C(=O)NN)cn1)c1ccc(F)cc1. The van der Waals surface area contributed by atoms with Crippen LogP contribution in [0.15, 0.2) is 42.6 Å². The molecule has 0 fully saturated rings. The molecule has 0 saturated heterocycles. The number of rotatable bonds is 4. The van der Waals surface area contributed by atoms with Gasteiger partial charge in [0.05, 0.1) is 17.8 Å². The average molecular weight is 274 g/mol. The number of pyridine rings is 1. The standard InChI is InChI=1S/C14H15FN4O/c1-19(13-6-3-11(15)4-7-13)9-12-5-2-10(8-17-12)14(20)18-16/h2-8H,9,16H2,1H3,(H,18,20). The Morgan fingerprint density at radius 1 is 1.30 bits per heavy atom. The van der Waals surface area contributed by atoms with Crippen LogP contribution in [0.2, 0.25) is 0 Å². The van der Waals surface area contributed by atoms with Gasteiger partial charge in [-0.3, -0.25) is 15.2 Å². The summed E-state index contributed by atoms with van der Waals surface area (Å²) in [5.74, 6) is 4.40. The fourth-order valence-corrected chi connectivity index (χ4v) is 1.77. The topological polar surface area (TPSA) is 71.2 Å². The zero-order valence-electron chi connectivity index (χ0n) is 11.0. The minimum atomic E-state index is -0.379. The van der Waals surface area contributed by atoms with Crippen molar-refractivity contribution in [1.29, 1.82) is 0 Å². The lowest BCUT2D eigenvalue weighted by Gasteiger charge is -2.18. The minimum absolute atomic E-state index is 0.266. The summed E-state index contributed by atoms with van der Waals surface area (Å²) in [6, 6.07) is 9.63. The molecule has 2 rings (SSSR count). The lowest BCUT2D eigenvalue weighted by atomic mass is 10.2. The number of carbonyl (C=O) groups is 1. The molecule has 0 unspecified atom stereocenters. The van der Waals surface area contributed by atoms with Gasteiger partial charge in [-0.15, -0.1) is 0 Å². The zero-order chi connectivity index (χ0) is 14.5. The normalized spacial score (nSPS) is 10.2. The summed E-state index contributed by atoms with van der Waals surface area (Å²) in [4.78, 5) is 17.4. The molecule has 6 heteroatoms. The number of anilines is 1. The highest BCUT2D eigenvalue weighted by atomic mass is 19.1. The van der Waals surface area contributed by atoms with Crippen LogP contribution in [0.3, 0.4) is 0 Å². The molecule has 1 aromatic heterocycles. The number of hydrogen-bond donors (Lipinski definition) is 2. The van der Waals surface area contributed by atoms with E-state index in [1.807, 2.05) is 17.4 Å². The van der Waals surface area contributed by atoms with Crippen molar-refractivity contribution in [3.05, 3.63) is 59.7 Å². The van der Waals surface area contributed by atoms with E-state index in [-0.39, 0.29) is 11.7 Å². The van der Waals surface area contributed by atoms with E-state index in [1.165, 1.54) is 18.3 Å². The number of benzene rings is 1. The van der Waals surface area contributed by atoms with Crippen LogP contribution in [0.1, 0.15) is 16.1 Å². The van der Waals surface area contributed by atoms with Gasteiger partial charge in [0.15, 0.2) is 0 Å². The highest BCUT2D eigenvalue weighted by Crippen LogP contribution is 2.15. The Morgan fingerprint density at radius 3 is 2.55 bits per heavy atom. The van der Waals surface area contributed by atoms with E-state index in [0.717, 1.165) is 11.4 Å². The number of nitrogens with zero attached hydrogens (tertiary/aromatic N) is 2. The van der Waals surface area contributed by atoms with Crippen LogP contribution in [0.4, 0.5) is 10.1 Å². The first-order valence-electron chi connectivity index (χ1n) is 6.02. The fraction of sp³-hybridized carbons (Fsp3) is 0.143. The van der Waals surface area contributed by atoms with Gasteiger partial charge in [-0.2, -0.15) is 0 Å². The molecule has 3 N–H and O–H groups in total. The van der Waals surface area contributed by atoms with Crippen LogP contribution in [0.5, 0.6) is 0 Å². The molecule has 0 aliphatic rings. The maximum absolute atomic E-state index is 12.9. The Kier molecular flexibility index (Phi) is 4.27. The second-order valence-corrected chi connectivity index (χ2v) is 4.34. The van der Waals surface area contributed by atoms with Crippen LogP contribution in [0.25, 0.3) is 0 Å². The van der Waals surface area contributed by atoms with Crippen molar-refractivity contribution in [3.63, 3.8) is 0 Å². The second-order valence-electron chi connectivity index (χ2n) is 4.34. The molecule has 0 atom stereocenters. The lowest BCUT2D eigenvalue weighted by Crippen LogP contribution is -2.30. The number of aromatic nitrogens is 1. The molecule has 5 nitrogen and oxygen atoms in total. The second kappa shape index (κ2) is 6.12. The number of hydrazine groups is 1. The molecular formula is C14H15FN4O. The summed E-state index contributed by atoms with van der Waals surface area (Å²) in [5, 5.41) is 0. The number of carbonyl (C=O) groups excluding carboxylic acids is 1. The van der Waals surface area contributed by atoms with E-state index in [0.29, 0.717) is 12.1 Å². The smallest absolute Gasteiger partial charge is 0.266 e. The number of hydrogen-bond acceptors (Lipinski definition) is 4. The molecule has 0 aliphatic carbocycles. The molecule has 0 aliphatic heterocycles. The van der Waals surface area contributed by atoms with Gasteiger partial charge >= 0.3 is 0 Å². The average Bonchev–Trinajstić information content (AvgIpc) is 2.48. The number of amides is 1. The maximum atomic E-state index is 12.9. The molecular weight excluding hydrogens is 259 g/mol. The largest absolute Gasteiger partial charge is 0.369 e. The molecule has 0 bridgehead atoms. The number of nitrogens with one attached hydrogen (secondary N) is 1. The first kappa shape index (κ1) is 14.0. The molecule has 2 aromatic rings. The minimum Gasteiger partial charge on any atom is -0.369 e. The fourth-order valence-electron chi connectivity index (χ4n) is 1.77. The third kappa shape index (κ3) is 3.30. The van der Waals surface area contributed by atoms with Gasteiger partial charge in [-0.25, -0.2) is 10.2 Å². The van der Waals surface area contributed by atoms with Crippen molar-refractivity contribution in [2.24, 2.45) is 5.84 Å². The van der Waals surface area contributed by atoms with E-state index in [1.54, 1.807) is 24.3 Å². The van der Waals surface area contributed by atoms with Crippen LogP contribution in [-0.4, -0.2) is 17.9 Å². The highest BCUT2D eigenvalue weighted by molar-refractivity contribution is 5.93. The van der Waals surface area contributed by atoms with Crippen LogP contribution in [0, 0.1) is 5.82 Å². The Morgan fingerprint density at radius 2 is 2.00 bits per heavy atom. The Labute approximate surface area is 116 Å². The van der Waals surface area contributed by atoms with Crippen molar-refractivity contribution in [1.82, 2.24) is 10.4 Å². The quantitative estimate of drug-likeness (QED) is 0.503. The first-order valence-corrected chi connectivity index (χ1v) is 6.02. The van der Waals surface area contributed by atoms with Gasteiger partial charge in [0.2, 0.25) is 0 Å². The predicted octanol–water partition coefficient (Wildman–Crippen LogP) is 1.46. The molecule has 20 heavy (non-hydrogen) atoms. The van der Waals surface area contributed by atoms with E-state index < -0.39 is 0 Å². The molecule has 1 heterocycles. The summed E-state index contributed by atoms with van der Waals surface area (Å²) in [7, 11) is 1.88.